The first kappa shape index (κ1) is 11.0. The predicted molar refractivity (Wildman–Crippen MR) is 59.3 cm³/mol. The molecule has 0 aromatic carbocycles. The number of rotatable bonds is 4. The zero-order chi connectivity index (χ0) is 12.3. The molecule has 0 saturated carbocycles. The normalized spacial score (nSPS) is 10.2. The summed E-state index contributed by atoms with van der Waals surface area (Å²) in [6.45, 7) is 2.19. The third kappa shape index (κ3) is 2.54. The Labute approximate surface area is 96.3 Å². The van der Waals surface area contributed by atoms with Crippen molar-refractivity contribution in [3.63, 3.8) is 0 Å². The summed E-state index contributed by atoms with van der Waals surface area (Å²) in [5.74, 6) is -0.162. The summed E-state index contributed by atoms with van der Waals surface area (Å²) < 4.78 is 0. The second-order valence-electron chi connectivity index (χ2n) is 3.39. The molecule has 0 fully saturated rings. The highest BCUT2D eigenvalue weighted by Crippen LogP contribution is 2.19. The molecule has 2 heterocycles. The van der Waals surface area contributed by atoms with Gasteiger partial charge in [0.2, 0.25) is 0 Å². The van der Waals surface area contributed by atoms with Crippen molar-refractivity contribution in [2.24, 2.45) is 0 Å². The monoisotopic (exact) mass is 234 g/mol. The fourth-order valence-corrected chi connectivity index (χ4v) is 1.24. The van der Waals surface area contributed by atoms with Gasteiger partial charge in [-0.1, -0.05) is 5.10 Å². The standard InChI is InChI=1S/C9H10N6O2/c1-6-2-11-7(3-10-6)4-12-8-5-13-14-9(8)15(16)17/h2-3,5,12H,4H2,1H3,(H,13,14). The molecule has 0 atom stereocenters. The highest BCUT2D eigenvalue weighted by molar-refractivity contribution is 5.55. The molecule has 2 aromatic rings. The van der Waals surface area contributed by atoms with Crippen LogP contribution < -0.4 is 5.32 Å². The lowest BCUT2D eigenvalue weighted by atomic mass is 10.4. The SMILES string of the molecule is Cc1cnc(CNc2cn[nH]c2[N+](=O)[O-])cn1. The summed E-state index contributed by atoms with van der Waals surface area (Å²) in [7, 11) is 0. The van der Waals surface area contributed by atoms with Gasteiger partial charge in [-0.05, 0) is 11.8 Å². The number of aryl methyl sites for hydroxylation is 1. The first-order valence-corrected chi connectivity index (χ1v) is 4.86. The number of nitro groups is 1. The molecule has 0 radical (unpaired) electrons. The number of H-pyrrole nitrogens is 1. The van der Waals surface area contributed by atoms with Crippen LogP contribution in [0.4, 0.5) is 11.5 Å². The number of aromatic nitrogens is 4. The zero-order valence-corrected chi connectivity index (χ0v) is 9.04. The molecule has 8 heteroatoms. The second kappa shape index (κ2) is 4.56. The highest BCUT2D eigenvalue weighted by Gasteiger charge is 2.14. The smallest absolute Gasteiger partial charge is 0.366 e. The van der Waals surface area contributed by atoms with E-state index in [2.05, 4.69) is 25.5 Å². The van der Waals surface area contributed by atoms with Crippen molar-refractivity contribution in [3.05, 3.63) is 40.1 Å². The maximum atomic E-state index is 10.6. The number of nitrogens with one attached hydrogen (secondary N) is 2. The van der Waals surface area contributed by atoms with Gasteiger partial charge in [0.1, 0.15) is 6.20 Å². The number of aromatic amines is 1. The van der Waals surface area contributed by atoms with Gasteiger partial charge in [-0.15, -0.1) is 5.10 Å². The van der Waals surface area contributed by atoms with Crippen LogP contribution in [0.3, 0.4) is 0 Å². The van der Waals surface area contributed by atoms with Crippen molar-refractivity contribution in [2.45, 2.75) is 13.5 Å². The molecule has 0 aliphatic carbocycles. The fraction of sp³-hybridized carbons (Fsp3) is 0.222. The lowest BCUT2D eigenvalue weighted by Gasteiger charge is -2.02. The van der Waals surface area contributed by atoms with Gasteiger partial charge in [0.15, 0.2) is 5.69 Å². The minimum absolute atomic E-state index is 0.162. The quantitative estimate of drug-likeness (QED) is 0.603. The van der Waals surface area contributed by atoms with E-state index in [-0.39, 0.29) is 5.82 Å². The molecular weight excluding hydrogens is 224 g/mol. The van der Waals surface area contributed by atoms with Crippen molar-refractivity contribution in [1.82, 2.24) is 20.2 Å². The van der Waals surface area contributed by atoms with Crippen molar-refractivity contribution in [1.29, 1.82) is 0 Å². The third-order valence-electron chi connectivity index (χ3n) is 2.10. The minimum atomic E-state index is -0.532. The van der Waals surface area contributed by atoms with E-state index < -0.39 is 4.92 Å². The molecule has 0 saturated heterocycles. The average Bonchev–Trinajstić information content (AvgIpc) is 2.76. The molecule has 2 aromatic heterocycles. The molecule has 88 valence electrons. The number of nitrogens with zero attached hydrogens (tertiary/aromatic N) is 4. The van der Waals surface area contributed by atoms with Crippen LogP contribution in [0.2, 0.25) is 0 Å². The minimum Gasteiger partial charge on any atom is -0.371 e. The van der Waals surface area contributed by atoms with Gasteiger partial charge in [-0.25, -0.2) is 0 Å². The fourth-order valence-electron chi connectivity index (χ4n) is 1.24. The zero-order valence-electron chi connectivity index (χ0n) is 9.04. The third-order valence-corrected chi connectivity index (χ3v) is 2.10. The summed E-state index contributed by atoms with van der Waals surface area (Å²) in [5.41, 5.74) is 1.85. The molecule has 2 rings (SSSR count). The molecule has 0 spiro atoms. The van der Waals surface area contributed by atoms with E-state index >= 15 is 0 Å². The van der Waals surface area contributed by atoms with E-state index in [1.807, 2.05) is 6.92 Å². The summed E-state index contributed by atoms with van der Waals surface area (Å²) in [5, 5.41) is 19.4. The number of hydrogen-bond acceptors (Lipinski definition) is 6. The summed E-state index contributed by atoms with van der Waals surface area (Å²) >= 11 is 0. The second-order valence-corrected chi connectivity index (χ2v) is 3.39. The topological polar surface area (TPSA) is 110 Å². The molecule has 8 nitrogen and oxygen atoms in total. The van der Waals surface area contributed by atoms with Crippen LogP contribution in [-0.4, -0.2) is 25.1 Å². The van der Waals surface area contributed by atoms with Gasteiger partial charge in [0, 0.05) is 6.20 Å². The Morgan fingerprint density at radius 1 is 1.41 bits per heavy atom. The van der Waals surface area contributed by atoms with Crippen LogP contribution in [0.25, 0.3) is 0 Å². The maximum absolute atomic E-state index is 10.6. The van der Waals surface area contributed by atoms with Crippen molar-refractivity contribution in [3.8, 4) is 0 Å². The van der Waals surface area contributed by atoms with Crippen LogP contribution in [0.5, 0.6) is 0 Å². The van der Waals surface area contributed by atoms with E-state index in [9.17, 15) is 10.1 Å². The molecule has 17 heavy (non-hydrogen) atoms. The largest absolute Gasteiger partial charge is 0.371 e. The Morgan fingerprint density at radius 2 is 2.24 bits per heavy atom. The molecule has 0 bridgehead atoms. The van der Waals surface area contributed by atoms with Crippen LogP contribution in [0.1, 0.15) is 11.4 Å². The van der Waals surface area contributed by atoms with Crippen molar-refractivity contribution in [2.75, 3.05) is 5.32 Å². The van der Waals surface area contributed by atoms with Crippen LogP contribution in [0, 0.1) is 17.0 Å². The lowest BCUT2D eigenvalue weighted by Crippen LogP contribution is -2.03. The Balaban J connectivity index is 2.05. The summed E-state index contributed by atoms with van der Waals surface area (Å²) in [6.07, 6.45) is 4.62. The predicted octanol–water partition coefficient (Wildman–Crippen LogP) is 1.03. The molecule has 0 aliphatic rings. The van der Waals surface area contributed by atoms with E-state index in [4.69, 9.17) is 0 Å². The Bertz CT molecular complexity index is 521. The van der Waals surface area contributed by atoms with Gasteiger partial charge < -0.3 is 15.4 Å². The first-order valence-electron chi connectivity index (χ1n) is 4.86. The first-order chi connectivity index (χ1) is 8.16. The number of hydrogen-bond donors (Lipinski definition) is 2. The summed E-state index contributed by atoms with van der Waals surface area (Å²) in [4.78, 5) is 18.3. The van der Waals surface area contributed by atoms with Gasteiger partial charge in [-0.2, -0.15) is 0 Å². The molecule has 0 aliphatic heterocycles. The molecular formula is C9H10N6O2. The Hall–Kier alpha value is -2.51. The molecule has 0 amide bonds. The van der Waals surface area contributed by atoms with Crippen molar-refractivity contribution < 1.29 is 4.92 Å². The average molecular weight is 234 g/mol. The summed E-state index contributed by atoms with van der Waals surface area (Å²) in [6, 6.07) is 0. The van der Waals surface area contributed by atoms with Gasteiger partial charge in [0.05, 0.1) is 24.1 Å². The van der Waals surface area contributed by atoms with E-state index in [0.717, 1.165) is 5.69 Å². The van der Waals surface area contributed by atoms with Gasteiger partial charge in [-0.3, -0.25) is 9.97 Å². The van der Waals surface area contributed by atoms with Crippen molar-refractivity contribution >= 4 is 11.5 Å². The van der Waals surface area contributed by atoms with E-state index in [1.54, 1.807) is 12.4 Å². The maximum Gasteiger partial charge on any atom is 0.366 e. The van der Waals surface area contributed by atoms with Crippen LogP contribution >= 0.6 is 0 Å². The Morgan fingerprint density at radius 3 is 2.88 bits per heavy atom. The lowest BCUT2D eigenvalue weighted by molar-refractivity contribution is -0.388. The van der Waals surface area contributed by atoms with Gasteiger partial charge >= 0.3 is 5.82 Å². The number of anilines is 1. The van der Waals surface area contributed by atoms with E-state index in [0.29, 0.717) is 17.9 Å². The Kier molecular flexibility index (Phi) is 2.95. The molecule has 2 N–H and O–H groups in total. The van der Waals surface area contributed by atoms with Crippen LogP contribution in [0.15, 0.2) is 18.6 Å². The molecule has 0 unspecified atom stereocenters. The highest BCUT2D eigenvalue weighted by atomic mass is 16.6. The van der Waals surface area contributed by atoms with E-state index in [1.165, 1.54) is 6.20 Å². The van der Waals surface area contributed by atoms with Gasteiger partial charge in [0.25, 0.3) is 0 Å². The van der Waals surface area contributed by atoms with Crippen LogP contribution in [-0.2, 0) is 6.54 Å².